The number of aliphatic imine (C=N–C) groups is 1. The molecule has 2 heterocycles. The predicted octanol–water partition coefficient (Wildman–Crippen LogP) is 2.79. The molecule has 0 aromatic heterocycles. The topological polar surface area (TPSA) is 67.4 Å². The summed E-state index contributed by atoms with van der Waals surface area (Å²) in [7, 11) is 0. The second-order valence-electron chi connectivity index (χ2n) is 9.00. The van der Waals surface area contributed by atoms with Crippen molar-refractivity contribution in [3.63, 3.8) is 0 Å². The number of hydrogen-bond acceptors (Lipinski definition) is 5. The minimum absolute atomic E-state index is 0.281. The lowest BCUT2D eigenvalue weighted by Crippen LogP contribution is -2.44. The third-order valence-corrected chi connectivity index (χ3v) is 5.89. The van der Waals surface area contributed by atoms with E-state index in [2.05, 4.69) is 60.6 Å². The minimum atomic E-state index is 0.281. The molecular formula is C25H42N4O3. The number of benzene rings is 1. The largest absolute Gasteiger partial charge is 0.381 e. The van der Waals surface area contributed by atoms with Gasteiger partial charge in [-0.1, -0.05) is 24.3 Å². The molecule has 2 aliphatic rings. The Labute approximate surface area is 193 Å². The summed E-state index contributed by atoms with van der Waals surface area (Å²) in [5, 5.41) is 6.79. The Morgan fingerprint density at radius 1 is 1.16 bits per heavy atom. The van der Waals surface area contributed by atoms with Gasteiger partial charge in [-0.25, -0.2) is 4.99 Å². The first-order valence-corrected chi connectivity index (χ1v) is 12.3. The molecule has 2 aliphatic heterocycles. The fraction of sp³-hybridized carbons (Fsp3) is 0.720. The van der Waals surface area contributed by atoms with Crippen LogP contribution < -0.4 is 10.6 Å². The predicted molar refractivity (Wildman–Crippen MR) is 129 cm³/mol. The zero-order valence-electron chi connectivity index (χ0n) is 20.1. The molecule has 3 unspecified atom stereocenters. The summed E-state index contributed by atoms with van der Waals surface area (Å²) < 4.78 is 17.1. The van der Waals surface area contributed by atoms with E-state index in [9.17, 15) is 0 Å². The molecule has 3 atom stereocenters. The van der Waals surface area contributed by atoms with Crippen LogP contribution in [0.3, 0.4) is 0 Å². The van der Waals surface area contributed by atoms with Gasteiger partial charge in [0, 0.05) is 51.9 Å². The van der Waals surface area contributed by atoms with Gasteiger partial charge in [0.15, 0.2) is 5.96 Å². The van der Waals surface area contributed by atoms with E-state index >= 15 is 0 Å². The second-order valence-corrected chi connectivity index (χ2v) is 9.00. The molecule has 32 heavy (non-hydrogen) atoms. The van der Waals surface area contributed by atoms with Crippen molar-refractivity contribution in [2.45, 2.75) is 58.9 Å². The summed E-state index contributed by atoms with van der Waals surface area (Å²) >= 11 is 0. The molecule has 1 aromatic rings. The first-order valence-electron chi connectivity index (χ1n) is 12.3. The molecule has 0 amide bonds. The van der Waals surface area contributed by atoms with E-state index < -0.39 is 0 Å². The Bertz CT molecular complexity index is 684. The fourth-order valence-electron chi connectivity index (χ4n) is 4.37. The average Bonchev–Trinajstić information content (AvgIpc) is 3.28. The van der Waals surface area contributed by atoms with Gasteiger partial charge in [0.05, 0.1) is 32.0 Å². The standard InChI is InChI=1S/C25H42N4O3/c1-4-26-25(27-11-7-12-30-18-22-10-13-31-19-22)28-14-23-8-5-6-9-24(23)17-29-15-20(2)32-21(3)16-29/h5-6,8-9,20-22H,4,7,10-19H2,1-3H3,(H2,26,27,28). The molecule has 0 spiro atoms. The Morgan fingerprint density at radius 2 is 1.94 bits per heavy atom. The zero-order valence-corrected chi connectivity index (χ0v) is 20.1. The van der Waals surface area contributed by atoms with E-state index in [1.54, 1.807) is 0 Å². The van der Waals surface area contributed by atoms with E-state index in [4.69, 9.17) is 19.2 Å². The van der Waals surface area contributed by atoms with Crippen molar-refractivity contribution in [2.75, 3.05) is 52.6 Å². The molecular weight excluding hydrogens is 404 g/mol. The molecule has 0 bridgehead atoms. The van der Waals surface area contributed by atoms with Gasteiger partial charge >= 0.3 is 0 Å². The normalized spacial score (nSPS) is 24.6. The minimum Gasteiger partial charge on any atom is -0.381 e. The first kappa shape index (κ1) is 25.0. The highest BCUT2D eigenvalue weighted by Gasteiger charge is 2.22. The molecule has 2 saturated heterocycles. The van der Waals surface area contributed by atoms with Crippen LogP contribution in [0, 0.1) is 5.92 Å². The molecule has 0 saturated carbocycles. The van der Waals surface area contributed by atoms with Crippen LogP contribution in [0.4, 0.5) is 0 Å². The van der Waals surface area contributed by atoms with E-state index in [1.807, 2.05) is 0 Å². The lowest BCUT2D eigenvalue weighted by molar-refractivity contribution is -0.0705. The van der Waals surface area contributed by atoms with Crippen molar-refractivity contribution in [1.29, 1.82) is 0 Å². The average molecular weight is 447 g/mol. The van der Waals surface area contributed by atoms with Crippen molar-refractivity contribution in [2.24, 2.45) is 10.9 Å². The molecule has 180 valence electrons. The maximum atomic E-state index is 5.88. The highest BCUT2D eigenvalue weighted by Crippen LogP contribution is 2.17. The molecule has 7 heteroatoms. The van der Waals surface area contributed by atoms with E-state index in [-0.39, 0.29) is 12.2 Å². The third kappa shape index (κ3) is 8.70. The van der Waals surface area contributed by atoms with Crippen LogP contribution in [-0.2, 0) is 27.3 Å². The number of nitrogens with one attached hydrogen (secondary N) is 2. The Balaban J connectivity index is 1.45. The summed E-state index contributed by atoms with van der Waals surface area (Å²) in [6, 6.07) is 8.64. The first-order chi connectivity index (χ1) is 15.6. The molecule has 0 aliphatic carbocycles. The van der Waals surface area contributed by atoms with Crippen LogP contribution in [0.5, 0.6) is 0 Å². The van der Waals surface area contributed by atoms with E-state index in [0.29, 0.717) is 12.5 Å². The van der Waals surface area contributed by atoms with Crippen molar-refractivity contribution >= 4 is 5.96 Å². The van der Waals surface area contributed by atoms with Crippen LogP contribution >= 0.6 is 0 Å². The van der Waals surface area contributed by atoms with Crippen molar-refractivity contribution in [3.05, 3.63) is 35.4 Å². The summed E-state index contributed by atoms with van der Waals surface area (Å²) in [6.07, 6.45) is 2.65. The van der Waals surface area contributed by atoms with Gasteiger partial charge in [0.2, 0.25) is 0 Å². The fourth-order valence-corrected chi connectivity index (χ4v) is 4.37. The van der Waals surface area contributed by atoms with Crippen molar-refractivity contribution in [3.8, 4) is 0 Å². The lowest BCUT2D eigenvalue weighted by Gasteiger charge is -2.35. The van der Waals surface area contributed by atoms with Gasteiger partial charge in [0.1, 0.15) is 0 Å². The van der Waals surface area contributed by atoms with Gasteiger partial charge < -0.3 is 24.8 Å². The van der Waals surface area contributed by atoms with Crippen LogP contribution in [0.2, 0.25) is 0 Å². The van der Waals surface area contributed by atoms with Crippen LogP contribution in [-0.4, -0.2) is 75.7 Å². The van der Waals surface area contributed by atoms with E-state index in [0.717, 1.165) is 78.0 Å². The Hall–Kier alpha value is -1.67. The summed E-state index contributed by atoms with van der Waals surface area (Å²) in [5.74, 6) is 1.44. The molecule has 2 N–H and O–H groups in total. The Kier molecular flexibility index (Phi) is 10.8. The van der Waals surface area contributed by atoms with Crippen LogP contribution in [0.15, 0.2) is 29.3 Å². The maximum Gasteiger partial charge on any atom is 0.191 e. The lowest BCUT2D eigenvalue weighted by atomic mass is 10.1. The SMILES string of the molecule is CCNC(=NCc1ccccc1CN1CC(C)OC(C)C1)NCCCOCC1CCOC1. The smallest absolute Gasteiger partial charge is 0.191 e. The maximum absolute atomic E-state index is 5.88. The van der Waals surface area contributed by atoms with Gasteiger partial charge in [-0.2, -0.15) is 0 Å². The Morgan fingerprint density at radius 3 is 2.66 bits per heavy atom. The number of ether oxygens (including phenoxy) is 3. The third-order valence-electron chi connectivity index (χ3n) is 5.89. The van der Waals surface area contributed by atoms with Crippen LogP contribution in [0.1, 0.15) is 44.7 Å². The van der Waals surface area contributed by atoms with Gasteiger partial charge in [-0.15, -0.1) is 0 Å². The van der Waals surface area contributed by atoms with Gasteiger partial charge in [-0.3, -0.25) is 4.90 Å². The number of nitrogens with zero attached hydrogens (tertiary/aromatic N) is 2. The van der Waals surface area contributed by atoms with Gasteiger partial charge in [0.25, 0.3) is 0 Å². The quantitative estimate of drug-likeness (QED) is 0.310. The number of rotatable bonds is 11. The number of hydrogen-bond donors (Lipinski definition) is 2. The highest BCUT2D eigenvalue weighted by molar-refractivity contribution is 5.79. The number of guanidine groups is 1. The second kappa shape index (κ2) is 13.8. The zero-order chi connectivity index (χ0) is 22.6. The van der Waals surface area contributed by atoms with E-state index in [1.165, 1.54) is 11.1 Å². The van der Waals surface area contributed by atoms with Gasteiger partial charge in [-0.05, 0) is 44.7 Å². The van der Waals surface area contributed by atoms with Crippen molar-refractivity contribution in [1.82, 2.24) is 15.5 Å². The highest BCUT2D eigenvalue weighted by atomic mass is 16.5. The summed E-state index contributed by atoms with van der Waals surface area (Å²) in [5.41, 5.74) is 2.62. The number of morpholine rings is 1. The van der Waals surface area contributed by atoms with Crippen LogP contribution in [0.25, 0.3) is 0 Å². The summed E-state index contributed by atoms with van der Waals surface area (Å²) in [4.78, 5) is 7.33. The molecule has 2 fully saturated rings. The molecule has 0 radical (unpaired) electrons. The summed E-state index contributed by atoms with van der Waals surface area (Å²) in [6.45, 7) is 15.0. The molecule has 7 nitrogen and oxygen atoms in total. The monoisotopic (exact) mass is 446 g/mol. The van der Waals surface area contributed by atoms with Crippen molar-refractivity contribution < 1.29 is 14.2 Å². The molecule has 1 aromatic carbocycles. The molecule has 3 rings (SSSR count).